The zero-order chi connectivity index (χ0) is 29.4. The fourth-order valence-corrected chi connectivity index (χ4v) is 28.6. The normalized spacial score (nSPS) is 14.9. The molecule has 0 bridgehead atoms. The van der Waals surface area contributed by atoms with Crippen LogP contribution in [-0.2, 0) is 43.0 Å². The van der Waals surface area contributed by atoms with E-state index in [0.29, 0.717) is 12.1 Å². The first-order valence-electron chi connectivity index (χ1n) is 12.7. The van der Waals surface area contributed by atoms with Gasteiger partial charge in [-0.1, -0.05) is 0 Å². The molecule has 0 heterocycles. The molecular weight excluding hydrogens is 597 g/mol. The van der Waals surface area contributed by atoms with Crippen molar-refractivity contribution < 1.29 is 43.0 Å². The molecule has 0 spiro atoms. The van der Waals surface area contributed by atoms with E-state index in [1.807, 2.05) is 0 Å². The minimum atomic E-state index is -3.56. The average molecular weight is 653 g/mol. The molecule has 0 aliphatic carbocycles. The molecule has 0 rings (SSSR count). The molecule has 37 heavy (non-hydrogen) atoms. The highest BCUT2D eigenvalue weighted by atomic mass is 28.5. The first kappa shape index (κ1) is 38.1. The van der Waals surface area contributed by atoms with Gasteiger partial charge in [0.1, 0.15) is 0 Å². The molecule has 0 aliphatic heterocycles. The van der Waals surface area contributed by atoms with Crippen molar-refractivity contribution in [2.75, 3.05) is 42.7 Å². The molecule has 0 aromatic heterocycles. The third kappa shape index (κ3) is 14.0. The second kappa shape index (κ2) is 14.8. The maximum absolute atomic E-state index is 7.04. The third-order valence-electron chi connectivity index (χ3n) is 5.60. The molecule has 0 saturated carbocycles. The summed E-state index contributed by atoms with van der Waals surface area (Å²) >= 11 is 0. The zero-order valence-corrected chi connectivity index (χ0v) is 33.4. The fraction of sp³-hybridized carbons (Fsp3) is 1.00. The Labute approximate surface area is 234 Å². The molecule has 0 fully saturated rings. The molecule has 0 atom stereocenters. The lowest BCUT2D eigenvalue weighted by Gasteiger charge is -2.45. The lowest BCUT2D eigenvalue weighted by atomic mass is 10.9. The van der Waals surface area contributed by atoms with Crippen LogP contribution >= 0.6 is 0 Å². The molecule has 224 valence electrons. The van der Waals surface area contributed by atoms with Crippen molar-refractivity contribution in [2.45, 2.75) is 89.6 Å². The Bertz CT molecular complexity index is 590. The third-order valence-corrected chi connectivity index (χ3v) is 28.3. The van der Waals surface area contributed by atoms with E-state index >= 15 is 0 Å². The first-order valence-corrected chi connectivity index (χ1v) is 31.3. The highest BCUT2D eigenvalue weighted by Gasteiger charge is 2.58. The zero-order valence-electron chi connectivity index (χ0n) is 26.4. The van der Waals surface area contributed by atoms with E-state index in [2.05, 4.69) is 65.5 Å². The van der Waals surface area contributed by atoms with Crippen LogP contribution in [0.1, 0.15) is 0 Å². The molecule has 17 heteroatoms. The summed E-state index contributed by atoms with van der Waals surface area (Å²) in [6.07, 6.45) is 0. The average Bonchev–Trinajstić information content (AvgIpc) is 2.73. The molecular formula is C20H56O10Si7. The standard InChI is InChI=1S/C20H56O10Si7/c1-21-35(22-2,23-3)19-17-33(13,14)29-37(27-31(7,8)9,28-32(10,11)12)30-34(15,16)18-20-36(24-4,25-5)26-6/h17-20H2,1-16H3. The second-order valence-electron chi connectivity index (χ2n) is 12.2. The Balaban J connectivity index is 6.30. The van der Waals surface area contributed by atoms with Crippen molar-refractivity contribution in [1.82, 2.24) is 0 Å². The maximum Gasteiger partial charge on any atom is 0.636 e. The van der Waals surface area contributed by atoms with Gasteiger partial charge in [0.2, 0.25) is 0 Å². The number of hydrogen-bond acceptors (Lipinski definition) is 10. The Morgan fingerprint density at radius 1 is 0.351 bits per heavy atom. The summed E-state index contributed by atoms with van der Waals surface area (Å²) in [7, 11) is -8.30. The van der Waals surface area contributed by atoms with Crippen molar-refractivity contribution in [3.05, 3.63) is 0 Å². The van der Waals surface area contributed by atoms with Gasteiger partial charge in [-0.15, -0.1) is 0 Å². The quantitative estimate of drug-likeness (QED) is 0.161. The van der Waals surface area contributed by atoms with E-state index in [1.54, 1.807) is 42.7 Å². The minimum absolute atomic E-state index is 0.643. The van der Waals surface area contributed by atoms with E-state index in [1.165, 1.54) is 0 Å². The molecule has 0 amide bonds. The van der Waals surface area contributed by atoms with Crippen LogP contribution < -0.4 is 0 Å². The summed E-state index contributed by atoms with van der Waals surface area (Å²) in [5, 5.41) is 0. The van der Waals surface area contributed by atoms with Gasteiger partial charge in [0.15, 0.2) is 33.3 Å². The van der Waals surface area contributed by atoms with E-state index in [0.717, 1.165) is 12.1 Å². The van der Waals surface area contributed by atoms with Crippen LogP contribution in [0, 0.1) is 0 Å². The summed E-state index contributed by atoms with van der Waals surface area (Å²) in [5.74, 6) is 0. The molecule has 10 nitrogen and oxygen atoms in total. The van der Waals surface area contributed by atoms with Crippen molar-refractivity contribution in [3.8, 4) is 0 Å². The Hall–Kier alpha value is 1.12. The van der Waals surface area contributed by atoms with Crippen LogP contribution in [0.2, 0.25) is 89.6 Å². The molecule has 0 saturated heterocycles. The molecule has 0 radical (unpaired) electrons. The smallest absolute Gasteiger partial charge is 0.396 e. The van der Waals surface area contributed by atoms with Gasteiger partial charge in [-0.05, 0) is 77.6 Å². The van der Waals surface area contributed by atoms with Crippen LogP contribution in [0.3, 0.4) is 0 Å². The highest BCUT2D eigenvalue weighted by Crippen LogP contribution is 2.34. The van der Waals surface area contributed by atoms with Crippen molar-refractivity contribution >= 4 is 59.9 Å². The monoisotopic (exact) mass is 652 g/mol. The molecule has 0 aromatic rings. The Morgan fingerprint density at radius 2 is 0.595 bits per heavy atom. The maximum atomic E-state index is 7.04. The van der Waals surface area contributed by atoms with Gasteiger partial charge >= 0.3 is 26.7 Å². The summed E-state index contributed by atoms with van der Waals surface area (Å²) in [6.45, 7) is 21.6. The topological polar surface area (TPSA) is 92.3 Å². The van der Waals surface area contributed by atoms with Crippen molar-refractivity contribution in [1.29, 1.82) is 0 Å². The van der Waals surface area contributed by atoms with Gasteiger partial charge in [0.25, 0.3) is 0 Å². The summed E-state index contributed by atoms with van der Waals surface area (Å²) < 4.78 is 61.8. The SMILES string of the molecule is CO[Si](CC[Si](C)(C)O[Si](O[Si](C)(C)C)(O[Si](C)(C)C)O[Si](C)(C)CC[Si](OC)(OC)OC)(OC)OC. The second-order valence-corrected chi connectivity index (χ2v) is 39.2. The Morgan fingerprint density at radius 3 is 0.784 bits per heavy atom. The van der Waals surface area contributed by atoms with Crippen LogP contribution in [0.4, 0.5) is 0 Å². The van der Waals surface area contributed by atoms with Crippen LogP contribution in [-0.4, -0.2) is 103 Å². The molecule has 0 aliphatic rings. The van der Waals surface area contributed by atoms with E-state index in [-0.39, 0.29) is 0 Å². The van der Waals surface area contributed by atoms with Gasteiger partial charge in [-0.3, -0.25) is 0 Å². The van der Waals surface area contributed by atoms with Gasteiger partial charge < -0.3 is 43.0 Å². The largest absolute Gasteiger partial charge is 0.636 e. The Kier molecular flexibility index (Phi) is 15.3. The summed E-state index contributed by atoms with van der Waals surface area (Å²) in [4.78, 5) is 0. The lowest BCUT2D eigenvalue weighted by molar-refractivity contribution is 0.122. The molecule has 0 N–H and O–H groups in total. The van der Waals surface area contributed by atoms with Gasteiger partial charge in [-0.2, -0.15) is 0 Å². The highest BCUT2D eigenvalue weighted by molar-refractivity contribution is 6.92. The van der Waals surface area contributed by atoms with Crippen molar-refractivity contribution in [3.63, 3.8) is 0 Å². The minimum Gasteiger partial charge on any atom is -0.396 e. The predicted molar refractivity (Wildman–Crippen MR) is 165 cm³/mol. The van der Waals surface area contributed by atoms with E-state index in [4.69, 9.17) is 43.0 Å². The van der Waals surface area contributed by atoms with E-state index in [9.17, 15) is 0 Å². The fourth-order valence-electron chi connectivity index (χ4n) is 3.67. The summed E-state index contributed by atoms with van der Waals surface area (Å²) in [6, 6.07) is 2.80. The van der Waals surface area contributed by atoms with Gasteiger partial charge in [0, 0.05) is 54.7 Å². The first-order chi connectivity index (χ1) is 16.6. The van der Waals surface area contributed by atoms with Crippen molar-refractivity contribution in [2.24, 2.45) is 0 Å². The molecule has 0 aromatic carbocycles. The number of rotatable bonds is 20. The van der Waals surface area contributed by atoms with Gasteiger partial charge in [-0.25, -0.2) is 0 Å². The van der Waals surface area contributed by atoms with Crippen LogP contribution in [0.25, 0.3) is 0 Å². The predicted octanol–water partition coefficient (Wildman–Crippen LogP) is 5.32. The van der Waals surface area contributed by atoms with Crippen LogP contribution in [0.5, 0.6) is 0 Å². The molecule has 0 unspecified atom stereocenters. The lowest BCUT2D eigenvalue weighted by Crippen LogP contribution is -2.66. The number of hydrogen-bond donors (Lipinski definition) is 0. The summed E-state index contributed by atoms with van der Waals surface area (Å²) in [5.41, 5.74) is 0. The van der Waals surface area contributed by atoms with Gasteiger partial charge in [0.05, 0.1) is 0 Å². The van der Waals surface area contributed by atoms with E-state index < -0.39 is 59.9 Å². The van der Waals surface area contributed by atoms with Crippen LogP contribution in [0.15, 0.2) is 0 Å².